The summed E-state index contributed by atoms with van der Waals surface area (Å²) in [6.07, 6.45) is 1.67. The van der Waals surface area contributed by atoms with Gasteiger partial charge in [0.2, 0.25) is 0 Å². The van der Waals surface area contributed by atoms with Crippen molar-refractivity contribution < 1.29 is 9.53 Å². The van der Waals surface area contributed by atoms with E-state index in [1.807, 2.05) is 32.9 Å². The molecule has 0 spiro atoms. The summed E-state index contributed by atoms with van der Waals surface area (Å²) in [5.74, 6) is 0.358. The molecule has 1 unspecified atom stereocenters. The molecule has 26 heavy (non-hydrogen) atoms. The lowest BCUT2D eigenvalue weighted by atomic mass is 10.00. The molecular formula is C21H21ClN2O2. The zero-order chi connectivity index (χ0) is 18.7. The molecule has 5 heteroatoms. The first-order chi connectivity index (χ1) is 12.5. The Morgan fingerprint density at radius 2 is 2.04 bits per heavy atom. The van der Waals surface area contributed by atoms with Gasteiger partial charge in [-0.2, -0.15) is 0 Å². The van der Waals surface area contributed by atoms with Gasteiger partial charge in [-0.25, -0.2) is 0 Å². The van der Waals surface area contributed by atoms with Crippen molar-refractivity contribution in [3.63, 3.8) is 0 Å². The van der Waals surface area contributed by atoms with E-state index in [0.29, 0.717) is 16.3 Å². The summed E-state index contributed by atoms with van der Waals surface area (Å²) in [6, 6.07) is 13.3. The maximum atomic E-state index is 12.3. The van der Waals surface area contributed by atoms with E-state index in [2.05, 4.69) is 28.5 Å². The van der Waals surface area contributed by atoms with E-state index in [9.17, 15) is 4.79 Å². The van der Waals surface area contributed by atoms with Gasteiger partial charge in [0.15, 0.2) is 6.61 Å². The molecule has 0 radical (unpaired) electrons. The molecule has 3 rings (SSSR count). The topological polar surface area (TPSA) is 51.2 Å². The van der Waals surface area contributed by atoms with Crippen molar-refractivity contribution in [3.05, 3.63) is 70.4 Å². The normalized spacial score (nSPS) is 12.0. The summed E-state index contributed by atoms with van der Waals surface area (Å²) in [7, 11) is 0. The Bertz CT molecular complexity index is 956. The maximum absolute atomic E-state index is 12.3. The van der Waals surface area contributed by atoms with Crippen molar-refractivity contribution in [2.24, 2.45) is 0 Å². The van der Waals surface area contributed by atoms with Gasteiger partial charge in [-0.1, -0.05) is 35.4 Å². The number of nitrogens with one attached hydrogen (secondary N) is 1. The molecule has 0 fully saturated rings. The summed E-state index contributed by atoms with van der Waals surface area (Å²) in [6.45, 7) is 5.97. The quantitative estimate of drug-likeness (QED) is 0.706. The van der Waals surface area contributed by atoms with Crippen LogP contribution in [0.5, 0.6) is 5.75 Å². The first-order valence-electron chi connectivity index (χ1n) is 8.48. The van der Waals surface area contributed by atoms with Gasteiger partial charge in [-0.05, 0) is 56.2 Å². The summed E-state index contributed by atoms with van der Waals surface area (Å²) >= 11 is 6.18. The first-order valence-corrected chi connectivity index (χ1v) is 8.86. The highest BCUT2D eigenvalue weighted by atomic mass is 35.5. The summed E-state index contributed by atoms with van der Waals surface area (Å²) in [5.41, 5.74) is 4.08. The standard InChI is InChI=1S/C21H21ClN2O2/c1-13-6-7-14(2)17(11-13)15(3)24-20(25)12-26-19-9-8-18(22)16-5-4-10-23-21(16)19/h4-11,15H,12H2,1-3H3,(H,24,25). The molecular weight excluding hydrogens is 348 g/mol. The van der Waals surface area contributed by atoms with Crippen LogP contribution < -0.4 is 10.1 Å². The Balaban J connectivity index is 1.68. The van der Waals surface area contributed by atoms with Crippen molar-refractivity contribution in [2.45, 2.75) is 26.8 Å². The minimum atomic E-state index is -0.183. The third kappa shape index (κ3) is 3.97. The van der Waals surface area contributed by atoms with Gasteiger partial charge < -0.3 is 10.1 Å². The largest absolute Gasteiger partial charge is 0.481 e. The van der Waals surface area contributed by atoms with E-state index in [4.69, 9.17) is 16.3 Å². The van der Waals surface area contributed by atoms with Crippen molar-refractivity contribution in [2.75, 3.05) is 6.61 Å². The number of aromatic nitrogens is 1. The molecule has 1 amide bonds. The van der Waals surface area contributed by atoms with Crippen molar-refractivity contribution >= 4 is 28.4 Å². The Labute approximate surface area is 158 Å². The van der Waals surface area contributed by atoms with Crippen LogP contribution >= 0.6 is 11.6 Å². The van der Waals surface area contributed by atoms with Gasteiger partial charge in [0, 0.05) is 11.6 Å². The van der Waals surface area contributed by atoms with Crippen LogP contribution in [0.1, 0.15) is 29.7 Å². The number of ether oxygens (including phenoxy) is 1. The van der Waals surface area contributed by atoms with Gasteiger partial charge in [-0.3, -0.25) is 9.78 Å². The molecule has 2 aromatic carbocycles. The SMILES string of the molecule is Cc1ccc(C)c(C(C)NC(=O)COc2ccc(Cl)c3cccnc23)c1. The highest BCUT2D eigenvalue weighted by Gasteiger charge is 2.14. The summed E-state index contributed by atoms with van der Waals surface area (Å²) in [4.78, 5) is 16.6. The van der Waals surface area contributed by atoms with Crippen LogP contribution in [0.4, 0.5) is 0 Å². The van der Waals surface area contributed by atoms with Crippen LogP contribution in [0, 0.1) is 13.8 Å². The van der Waals surface area contributed by atoms with Crippen molar-refractivity contribution in [1.29, 1.82) is 0 Å². The lowest BCUT2D eigenvalue weighted by Crippen LogP contribution is -2.31. The fourth-order valence-corrected chi connectivity index (χ4v) is 3.17. The smallest absolute Gasteiger partial charge is 0.258 e. The lowest BCUT2D eigenvalue weighted by Gasteiger charge is -2.18. The van der Waals surface area contributed by atoms with E-state index in [1.54, 1.807) is 18.3 Å². The molecule has 1 N–H and O–H groups in total. The number of fused-ring (bicyclic) bond motifs is 1. The molecule has 0 aliphatic carbocycles. The number of rotatable bonds is 5. The molecule has 0 saturated heterocycles. The molecule has 0 saturated carbocycles. The Hall–Kier alpha value is -2.59. The van der Waals surface area contributed by atoms with Crippen molar-refractivity contribution in [3.8, 4) is 5.75 Å². The second-order valence-electron chi connectivity index (χ2n) is 6.38. The number of hydrogen-bond donors (Lipinski definition) is 1. The number of hydrogen-bond acceptors (Lipinski definition) is 3. The van der Waals surface area contributed by atoms with E-state index in [1.165, 1.54) is 5.56 Å². The molecule has 0 aliphatic heterocycles. The summed E-state index contributed by atoms with van der Waals surface area (Å²) < 4.78 is 5.69. The average molecular weight is 369 g/mol. The van der Waals surface area contributed by atoms with Crippen LogP contribution in [0.2, 0.25) is 5.02 Å². The molecule has 1 aromatic heterocycles. The van der Waals surface area contributed by atoms with Gasteiger partial charge >= 0.3 is 0 Å². The molecule has 134 valence electrons. The van der Waals surface area contributed by atoms with Gasteiger partial charge in [0.05, 0.1) is 11.1 Å². The van der Waals surface area contributed by atoms with Crippen molar-refractivity contribution in [1.82, 2.24) is 10.3 Å². The number of amides is 1. The maximum Gasteiger partial charge on any atom is 0.258 e. The monoisotopic (exact) mass is 368 g/mol. The fraction of sp³-hybridized carbons (Fsp3) is 0.238. The first kappa shape index (κ1) is 18.2. The average Bonchev–Trinajstić information content (AvgIpc) is 2.63. The van der Waals surface area contributed by atoms with E-state index >= 15 is 0 Å². The van der Waals surface area contributed by atoms with E-state index in [0.717, 1.165) is 16.5 Å². The van der Waals surface area contributed by atoms with Gasteiger partial charge in [0.25, 0.3) is 5.91 Å². The molecule has 0 aliphatic rings. The number of aryl methyl sites for hydroxylation is 2. The Morgan fingerprint density at radius 3 is 2.85 bits per heavy atom. The number of halogens is 1. The Kier molecular flexibility index (Phi) is 5.43. The number of nitrogens with zero attached hydrogens (tertiary/aromatic N) is 1. The predicted molar refractivity (Wildman–Crippen MR) is 105 cm³/mol. The fourth-order valence-electron chi connectivity index (χ4n) is 2.96. The lowest BCUT2D eigenvalue weighted by molar-refractivity contribution is -0.123. The van der Waals surface area contributed by atoms with E-state index in [-0.39, 0.29) is 18.6 Å². The molecule has 1 heterocycles. The number of carbonyl (C=O) groups excluding carboxylic acids is 1. The molecule has 4 nitrogen and oxygen atoms in total. The number of benzene rings is 2. The van der Waals surface area contributed by atoms with Crippen LogP contribution in [-0.2, 0) is 4.79 Å². The zero-order valence-corrected chi connectivity index (χ0v) is 15.8. The van der Waals surface area contributed by atoms with Crippen LogP contribution in [0.3, 0.4) is 0 Å². The van der Waals surface area contributed by atoms with Crippen LogP contribution in [0.25, 0.3) is 10.9 Å². The molecule has 3 aromatic rings. The van der Waals surface area contributed by atoms with Crippen LogP contribution in [-0.4, -0.2) is 17.5 Å². The van der Waals surface area contributed by atoms with Gasteiger partial charge in [0.1, 0.15) is 11.3 Å². The van der Waals surface area contributed by atoms with Gasteiger partial charge in [-0.15, -0.1) is 0 Å². The minimum Gasteiger partial charge on any atom is -0.481 e. The highest BCUT2D eigenvalue weighted by molar-refractivity contribution is 6.35. The molecule has 0 bridgehead atoms. The number of carbonyl (C=O) groups is 1. The third-order valence-electron chi connectivity index (χ3n) is 4.32. The second-order valence-corrected chi connectivity index (χ2v) is 6.79. The third-order valence-corrected chi connectivity index (χ3v) is 4.65. The van der Waals surface area contributed by atoms with Crippen LogP contribution in [0.15, 0.2) is 48.7 Å². The minimum absolute atomic E-state index is 0.0808. The Morgan fingerprint density at radius 1 is 1.23 bits per heavy atom. The highest BCUT2D eigenvalue weighted by Crippen LogP contribution is 2.29. The zero-order valence-electron chi connectivity index (χ0n) is 15.0. The summed E-state index contributed by atoms with van der Waals surface area (Å²) in [5, 5.41) is 4.39. The predicted octanol–water partition coefficient (Wildman–Crippen LogP) is 4.76. The van der Waals surface area contributed by atoms with E-state index < -0.39 is 0 Å². The molecule has 1 atom stereocenters. The second kappa shape index (κ2) is 7.75. The number of pyridine rings is 1.